The van der Waals surface area contributed by atoms with Gasteiger partial charge in [-0.05, 0) is 62.4 Å². The first-order valence-corrected chi connectivity index (χ1v) is 12.8. The second-order valence-electron chi connectivity index (χ2n) is 6.43. The monoisotopic (exact) mass is 644 g/mol. The molecule has 0 fully saturated rings. The molecule has 1 atom stereocenters. The Balaban J connectivity index is 0. The molecule has 4 heterocycles. The molecule has 0 aliphatic rings. The standard InChI is InChI=1S/C11H9N2O5P.2C5H5N.C4H10O.CH4O.Ru/c14-11(15)9-5-1-3-7(12-9)8-4-2-6-10(13-8)19(16,17)18;2*1-2-4-6-5-3-1;1-3-5-4-2;1-2;/h1-6H,(H,14,15)(H2,16,17,18);2*1-5H;3-4H2,1-2H3;2H,1H3;/q;;;;;+2/p-2. The number of nitrogens with zero attached hydrogens (tertiary/aromatic N) is 4. The van der Waals surface area contributed by atoms with Crippen LogP contribution < -0.4 is 15.4 Å². The topological polar surface area (TPSA) is 182 Å². The second-order valence-corrected chi connectivity index (χ2v) is 7.93. The number of carboxylic acid groups (broad SMARTS) is 1. The van der Waals surface area contributed by atoms with Crippen molar-refractivity contribution in [1.29, 1.82) is 0 Å². The molecule has 210 valence electrons. The molecule has 0 radical (unpaired) electrons. The Kier molecular flexibility index (Phi) is 23.2. The number of rotatable bonds is 5. The van der Waals surface area contributed by atoms with Gasteiger partial charge in [0, 0.05) is 45.1 Å². The molecule has 4 aromatic heterocycles. The fourth-order valence-corrected chi connectivity index (χ4v) is 2.75. The van der Waals surface area contributed by atoms with Crippen molar-refractivity contribution < 1.29 is 53.6 Å². The molecule has 0 spiro atoms. The quantitative estimate of drug-likeness (QED) is 0.238. The first-order valence-electron chi connectivity index (χ1n) is 11.2. The van der Waals surface area contributed by atoms with Gasteiger partial charge in [0.15, 0.2) is 7.60 Å². The number of ether oxygens (including phenoxy) is 1. The summed E-state index contributed by atoms with van der Waals surface area (Å²) in [6.45, 7) is 5.67. The van der Waals surface area contributed by atoms with Crippen LogP contribution in [0.5, 0.6) is 0 Å². The van der Waals surface area contributed by atoms with E-state index >= 15 is 0 Å². The van der Waals surface area contributed by atoms with E-state index in [0.717, 1.165) is 26.4 Å². The molecule has 39 heavy (non-hydrogen) atoms. The molecule has 1 unspecified atom stereocenters. The minimum Gasteiger partial charge on any atom is -0.774 e. The van der Waals surface area contributed by atoms with Crippen LogP contribution in [0, 0.1) is 0 Å². The van der Waals surface area contributed by atoms with Crippen molar-refractivity contribution in [3.8, 4) is 11.4 Å². The van der Waals surface area contributed by atoms with Gasteiger partial charge in [0.05, 0.1) is 23.1 Å². The minimum absolute atomic E-state index is 0. The van der Waals surface area contributed by atoms with Crippen LogP contribution in [0.1, 0.15) is 24.3 Å². The number of carboxylic acids is 1. The zero-order chi connectivity index (χ0) is 28.7. The van der Waals surface area contributed by atoms with Gasteiger partial charge in [-0.25, -0.2) is 9.97 Å². The van der Waals surface area contributed by atoms with Gasteiger partial charge in [-0.2, -0.15) is 0 Å². The number of aromatic nitrogens is 4. The molecule has 4 aromatic rings. The predicted octanol–water partition coefficient (Wildman–Crippen LogP) is 1.49. The van der Waals surface area contributed by atoms with Crippen LogP contribution in [0.25, 0.3) is 11.4 Å². The number of aromatic carboxylic acids is 1. The molecule has 0 aliphatic heterocycles. The zero-order valence-electron chi connectivity index (χ0n) is 21.7. The summed E-state index contributed by atoms with van der Waals surface area (Å²) in [5.41, 5.74) is -0.507. The van der Waals surface area contributed by atoms with E-state index in [0.29, 0.717) is 0 Å². The molecular weight excluding hydrogens is 612 g/mol. The van der Waals surface area contributed by atoms with Crippen molar-refractivity contribution in [2.45, 2.75) is 13.8 Å². The van der Waals surface area contributed by atoms with Crippen molar-refractivity contribution in [3.05, 3.63) is 103 Å². The van der Waals surface area contributed by atoms with Crippen LogP contribution in [-0.4, -0.2) is 56.2 Å². The SMILES string of the molecule is CCOCC.CO.O=C([O-])c1cccc(-c2cccc(P(=O)([O-])O)n2)n1.[Ru+2].c1ccncc1.c1ccncc1. The van der Waals surface area contributed by atoms with E-state index in [1.165, 1.54) is 30.3 Å². The van der Waals surface area contributed by atoms with Crippen LogP contribution >= 0.6 is 7.60 Å². The van der Waals surface area contributed by atoms with E-state index in [2.05, 4.69) is 19.9 Å². The van der Waals surface area contributed by atoms with Crippen LogP contribution in [0.4, 0.5) is 0 Å². The summed E-state index contributed by atoms with van der Waals surface area (Å²) >= 11 is 0. The number of pyridine rings is 4. The molecule has 0 aromatic carbocycles. The molecule has 0 aliphatic carbocycles. The molecule has 0 amide bonds. The van der Waals surface area contributed by atoms with E-state index in [4.69, 9.17) is 14.7 Å². The zero-order valence-corrected chi connectivity index (χ0v) is 24.3. The van der Waals surface area contributed by atoms with Gasteiger partial charge >= 0.3 is 19.5 Å². The third-order valence-corrected chi connectivity index (χ3v) is 4.61. The second kappa shape index (κ2) is 23.8. The van der Waals surface area contributed by atoms with Crippen molar-refractivity contribution >= 4 is 19.0 Å². The third-order valence-electron chi connectivity index (χ3n) is 3.79. The van der Waals surface area contributed by atoms with E-state index < -0.39 is 19.0 Å². The Hall–Kier alpha value is -3.24. The first kappa shape index (κ1) is 37.9. The Morgan fingerprint density at radius 2 is 1.23 bits per heavy atom. The van der Waals surface area contributed by atoms with Gasteiger partial charge in [0.1, 0.15) is 5.44 Å². The van der Waals surface area contributed by atoms with Gasteiger partial charge in [-0.15, -0.1) is 0 Å². The van der Waals surface area contributed by atoms with Crippen molar-refractivity contribution in [1.82, 2.24) is 19.9 Å². The van der Waals surface area contributed by atoms with E-state index in [1.807, 2.05) is 50.2 Å². The smallest absolute Gasteiger partial charge is 0.774 e. The van der Waals surface area contributed by atoms with Gasteiger partial charge < -0.3 is 34.1 Å². The van der Waals surface area contributed by atoms with Gasteiger partial charge in [-0.1, -0.05) is 24.3 Å². The summed E-state index contributed by atoms with van der Waals surface area (Å²) in [7, 11) is -3.71. The number of aliphatic hydroxyl groups is 1. The summed E-state index contributed by atoms with van der Waals surface area (Å²) in [6, 6.07) is 19.5. The third kappa shape index (κ3) is 18.6. The number of hydrogen-bond acceptors (Lipinski definition) is 10. The summed E-state index contributed by atoms with van der Waals surface area (Å²) in [6.07, 6.45) is 7.00. The number of carbonyl (C=O) groups excluding carboxylic acids is 1. The molecular formula is C26H31N4O7PRu. The largest absolute Gasteiger partial charge is 2.00 e. The summed E-state index contributed by atoms with van der Waals surface area (Å²) < 4.78 is 15.8. The maximum atomic E-state index is 11.0. The number of carbonyl (C=O) groups is 1. The van der Waals surface area contributed by atoms with E-state index in [9.17, 15) is 19.4 Å². The molecule has 0 bridgehead atoms. The van der Waals surface area contributed by atoms with Crippen molar-refractivity contribution in [3.63, 3.8) is 0 Å². The number of aliphatic hydroxyl groups excluding tert-OH is 1. The Labute approximate surface area is 240 Å². The van der Waals surface area contributed by atoms with Gasteiger partial charge in [-0.3, -0.25) is 9.97 Å². The van der Waals surface area contributed by atoms with Crippen LogP contribution in [-0.2, 0) is 28.8 Å². The molecule has 4 rings (SSSR count). The molecule has 0 saturated carbocycles. The predicted molar refractivity (Wildman–Crippen MR) is 140 cm³/mol. The van der Waals surface area contributed by atoms with Gasteiger partial charge in [0.25, 0.3) is 0 Å². The fourth-order valence-electron chi connectivity index (χ4n) is 2.24. The summed E-state index contributed by atoms with van der Waals surface area (Å²) in [5.74, 6) is -1.45. The molecule has 0 saturated heterocycles. The van der Waals surface area contributed by atoms with Crippen LogP contribution in [0.15, 0.2) is 97.6 Å². The Bertz CT molecular complexity index is 1100. The van der Waals surface area contributed by atoms with Crippen LogP contribution in [0.3, 0.4) is 0 Å². The fraction of sp³-hybridized carbons (Fsp3) is 0.192. The average molecular weight is 644 g/mol. The Morgan fingerprint density at radius 3 is 1.54 bits per heavy atom. The Morgan fingerprint density at radius 1 is 0.795 bits per heavy atom. The van der Waals surface area contributed by atoms with E-state index in [1.54, 1.807) is 24.8 Å². The number of hydrogen-bond donors (Lipinski definition) is 2. The van der Waals surface area contributed by atoms with Crippen molar-refractivity contribution in [2.75, 3.05) is 20.3 Å². The van der Waals surface area contributed by atoms with Crippen molar-refractivity contribution in [2.24, 2.45) is 0 Å². The molecule has 2 N–H and O–H groups in total. The first-order chi connectivity index (χ1) is 18.3. The maximum absolute atomic E-state index is 11.0. The average Bonchev–Trinajstić information content (AvgIpc) is 2.97. The molecule has 13 heteroatoms. The maximum Gasteiger partial charge on any atom is 2.00 e. The molecule has 11 nitrogen and oxygen atoms in total. The van der Waals surface area contributed by atoms with Gasteiger partial charge in [0.2, 0.25) is 0 Å². The van der Waals surface area contributed by atoms with Crippen LogP contribution in [0.2, 0.25) is 0 Å². The normalized spacial score (nSPS) is 10.4. The summed E-state index contributed by atoms with van der Waals surface area (Å²) in [5, 5.41) is 17.7. The minimum atomic E-state index is -4.71. The van der Waals surface area contributed by atoms with E-state index in [-0.39, 0.29) is 36.6 Å². The summed E-state index contributed by atoms with van der Waals surface area (Å²) in [4.78, 5) is 45.6.